The fraction of sp³-hybridized carbons (Fsp3) is 0.286. The summed E-state index contributed by atoms with van der Waals surface area (Å²) in [4.78, 5) is 37.2. The molecule has 2 N–H and O–H groups in total. The number of hydrogen-bond donors (Lipinski definition) is 2. The number of carbonyl (C=O) groups is 3. The third-order valence-corrected chi connectivity index (χ3v) is 4.38. The molecule has 0 aliphatic rings. The van der Waals surface area contributed by atoms with Crippen LogP contribution >= 0.6 is 11.6 Å². The van der Waals surface area contributed by atoms with Gasteiger partial charge in [-0.2, -0.15) is 0 Å². The molecule has 28 heavy (non-hydrogen) atoms. The van der Waals surface area contributed by atoms with Gasteiger partial charge in [0.1, 0.15) is 0 Å². The van der Waals surface area contributed by atoms with Gasteiger partial charge in [-0.15, -0.1) is 0 Å². The zero-order valence-electron chi connectivity index (χ0n) is 16.2. The molecule has 0 heterocycles. The Morgan fingerprint density at radius 2 is 1.61 bits per heavy atom. The Bertz CT molecular complexity index is 833. The lowest BCUT2D eigenvalue weighted by Crippen LogP contribution is -2.29. The van der Waals surface area contributed by atoms with E-state index in [1.807, 2.05) is 12.1 Å². The molecular formula is C21H24ClN3O3. The van der Waals surface area contributed by atoms with E-state index >= 15 is 0 Å². The highest BCUT2D eigenvalue weighted by Gasteiger charge is 2.17. The number of anilines is 1. The fourth-order valence-electron chi connectivity index (χ4n) is 2.63. The summed E-state index contributed by atoms with van der Waals surface area (Å²) in [5.41, 5.74) is 2.30. The Kier molecular flexibility index (Phi) is 7.58. The Morgan fingerprint density at radius 3 is 2.14 bits per heavy atom. The highest BCUT2D eigenvalue weighted by atomic mass is 35.5. The van der Waals surface area contributed by atoms with Crippen molar-refractivity contribution in [2.45, 2.75) is 25.8 Å². The topological polar surface area (TPSA) is 78.5 Å². The summed E-state index contributed by atoms with van der Waals surface area (Å²) in [7, 11) is 3.42. The molecule has 148 valence electrons. The van der Waals surface area contributed by atoms with Gasteiger partial charge in [0.25, 0.3) is 0 Å². The van der Waals surface area contributed by atoms with E-state index in [4.69, 9.17) is 11.6 Å². The molecule has 0 radical (unpaired) electrons. The summed E-state index contributed by atoms with van der Waals surface area (Å²) in [5, 5.41) is 6.19. The van der Waals surface area contributed by atoms with Crippen molar-refractivity contribution in [1.29, 1.82) is 0 Å². The van der Waals surface area contributed by atoms with Crippen LogP contribution in [0.25, 0.3) is 0 Å². The van der Waals surface area contributed by atoms with E-state index in [9.17, 15) is 14.4 Å². The molecule has 0 fully saturated rings. The first kappa shape index (κ1) is 21.4. The van der Waals surface area contributed by atoms with Crippen LogP contribution in [-0.4, -0.2) is 36.7 Å². The van der Waals surface area contributed by atoms with Crippen LogP contribution in [-0.2, 0) is 20.8 Å². The van der Waals surface area contributed by atoms with Gasteiger partial charge in [-0.3, -0.25) is 14.4 Å². The van der Waals surface area contributed by atoms with Crippen molar-refractivity contribution in [1.82, 2.24) is 10.2 Å². The second-order valence-corrected chi connectivity index (χ2v) is 7.16. The van der Waals surface area contributed by atoms with Crippen molar-refractivity contribution >= 4 is 35.0 Å². The third kappa shape index (κ3) is 6.70. The monoisotopic (exact) mass is 401 g/mol. The molecule has 0 bridgehead atoms. The second-order valence-electron chi connectivity index (χ2n) is 6.72. The largest absolute Gasteiger partial charge is 0.349 e. The zero-order valence-corrected chi connectivity index (χ0v) is 16.9. The molecule has 2 aromatic rings. The molecule has 0 spiro atoms. The minimum atomic E-state index is -0.452. The predicted octanol–water partition coefficient (Wildman–Crippen LogP) is 3.18. The van der Waals surface area contributed by atoms with Crippen molar-refractivity contribution in [2.24, 2.45) is 0 Å². The van der Waals surface area contributed by atoms with Crippen molar-refractivity contribution in [3.63, 3.8) is 0 Å². The first-order chi connectivity index (χ1) is 13.2. The van der Waals surface area contributed by atoms with Gasteiger partial charge in [-0.1, -0.05) is 35.9 Å². The van der Waals surface area contributed by atoms with Crippen LogP contribution in [0.4, 0.5) is 5.69 Å². The lowest BCUT2D eigenvalue weighted by Gasteiger charge is -2.18. The maximum Gasteiger partial charge on any atom is 0.226 e. The molecule has 2 aromatic carbocycles. The van der Waals surface area contributed by atoms with Crippen molar-refractivity contribution in [2.75, 3.05) is 19.4 Å². The summed E-state index contributed by atoms with van der Waals surface area (Å²) in [6.07, 6.45) is 0.393. The lowest BCUT2D eigenvalue weighted by atomic mass is 10.0. The number of nitrogens with one attached hydrogen (secondary N) is 2. The molecule has 7 heteroatoms. The molecule has 6 nitrogen and oxygen atoms in total. The van der Waals surface area contributed by atoms with Crippen LogP contribution in [0.2, 0.25) is 5.02 Å². The molecule has 1 atom stereocenters. The molecule has 0 saturated heterocycles. The SMILES string of the molecule is CC(=O)NC(CC(=O)Nc1ccc(CC(=O)N(C)C)cc1)c1ccc(Cl)cc1. The van der Waals surface area contributed by atoms with Gasteiger partial charge in [-0.05, 0) is 35.4 Å². The summed E-state index contributed by atoms with van der Waals surface area (Å²) in [6.45, 7) is 1.41. The Hall–Kier alpha value is -2.86. The maximum atomic E-state index is 12.4. The van der Waals surface area contributed by atoms with Crippen molar-refractivity contribution in [3.05, 3.63) is 64.7 Å². The molecule has 0 aromatic heterocycles. The van der Waals surface area contributed by atoms with E-state index in [-0.39, 0.29) is 24.1 Å². The Labute approximate surface area is 169 Å². The number of carbonyl (C=O) groups excluding carboxylic acids is 3. The van der Waals surface area contributed by atoms with Crippen molar-refractivity contribution in [3.8, 4) is 0 Å². The van der Waals surface area contributed by atoms with Crippen LogP contribution in [0.1, 0.15) is 30.5 Å². The first-order valence-corrected chi connectivity index (χ1v) is 9.24. The number of halogens is 1. The van der Waals surface area contributed by atoms with Crippen LogP contribution in [0, 0.1) is 0 Å². The smallest absolute Gasteiger partial charge is 0.226 e. The van der Waals surface area contributed by atoms with Gasteiger partial charge in [0.15, 0.2) is 0 Å². The number of hydrogen-bond acceptors (Lipinski definition) is 3. The van der Waals surface area contributed by atoms with Gasteiger partial charge >= 0.3 is 0 Å². The molecule has 0 aliphatic carbocycles. The van der Waals surface area contributed by atoms with E-state index < -0.39 is 6.04 Å². The van der Waals surface area contributed by atoms with E-state index in [2.05, 4.69) is 10.6 Å². The number of nitrogens with zero attached hydrogens (tertiary/aromatic N) is 1. The maximum absolute atomic E-state index is 12.4. The molecule has 1 unspecified atom stereocenters. The van der Waals surface area contributed by atoms with E-state index in [0.717, 1.165) is 11.1 Å². The van der Waals surface area contributed by atoms with Crippen LogP contribution < -0.4 is 10.6 Å². The highest BCUT2D eigenvalue weighted by molar-refractivity contribution is 6.30. The molecule has 3 amide bonds. The number of rotatable bonds is 7. The second kappa shape index (κ2) is 9.90. The van der Waals surface area contributed by atoms with Gasteiger partial charge < -0.3 is 15.5 Å². The van der Waals surface area contributed by atoms with Crippen LogP contribution in [0.5, 0.6) is 0 Å². The zero-order chi connectivity index (χ0) is 20.7. The molecule has 0 saturated carbocycles. The summed E-state index contributed by atoms with van der Waals surface area (Å²) in [6, 6.07) is 13.7. The minimum absolute atomic E-state index is 0.0119. The van der Waals surface area contributed by atoms with Crippen LogP contribution in [0.15, 0.2) is 48.5 Å². The minimum Gasteiger partial charge on any atom is -0.349 e. The van der Waals surface area contributed by atoms with Gasteiger partial charge in [0.2, 0.25) is 17.7 Å². The standard InChI is InChI=1S/C21H24ClN3O3/c1-14(26)23-19(16-6-8-17(22)9-7-16)13-20(27)24-18-10-4-15(5-11-18)12-21(28)25(2)3/h4-11,19H,12-13H2,1-3H3,(H,23,26)(H,24,27). The summed E-state index contributed by atoms with van der Waals surface area (Å²) < 4.78 is 0. The number of amides is 3. The molecule has 0 aliphatic heterocycles. The Balaban J connectivity index is 2.00. The number of benzene rings is 2. The van der Waals surface area contributed by atoms with Crippen molar-refractivity contribution < 1.29 is 14.4 Å². The van der Waals surface area contributed by atoms with Crippen LogP contribution in [0.3, 0.4) is 0 Å². The summed E-state index contributed by atoms with van der Waals surface area (Å²) in [5.74, 6) is -0.439. The van der Waals surface area contributed by atoms with Gasteiger partial charge in [-0.25, -0.2) is 0 Å². The van der Waals surface area contributed by atoms with E-state index in [0.29, 0.717) is 17.1 Å². The van der Waals surface area contributed by atoms with E-state index in [1.54, 1.807) is 50.5 Å². The predicted molar refractivity (Wildman–Crippen MR) is 110 cm³/mol. The van der Waals surface area contributed by atoms with Gasteiger partial charge in [0.05, 0.1) is 18.9 Å². The van der Waals surface area contributed by atoms with Gasteiger partial charge in [0, 0.05) is 31.7 Å². The van der Waals surface area contributed by atoms with E-state index in [1.165, 1.54) is 11.8 Å². The molecule has 2 rings (SSSR count). The molecular weight excluding hydrogens is 378 g/mol. The summed E-state index contributed by atoms with van der Waals surface area (Å²) >= 11 is 5.91. The fourth-order valence-corrected chi connectivity index (χ4v) is 2.75. The lowest BCUT2D eigenvalue weighted by molar-refractivity contribution is -0.128. The first-order valence-electron chi connectivity index (χ1n) is 8.86. The normalized spacial score (nSPS) is 11.4. The third-order valence-electron chi connectivity index (χ3n) is 4.13. The Morgan fingerprint density at radius 1 is 1.00 bits per heavy atom. The quantitative estimate of drug-likeness (QED) is 0.747. The average Bonchev–Trinajstić information content (AvgIpc) is 2.63. The highest BCUT2D eigenvalue weighted by Crippen LogP contribution is 2.20. The average molecular weight is 402 g/mol. The number of likely N-dealkylation sites (N-methyl/N-ethyl adjacent to an activating group) is 1.